The first-order chi connectivity index (χ1) is 13.1. The number of nitrogens with zero attached hydrogens (tertiary/aromatic N) is 1. The van der Waals surface area contributed by atoms with Crippen LogP contribution in [-0.2, 0) is 19.9 Å². The fourth-order valence-corrected chi connectivity index (χ4v) is 7.00. The summed E-state index contributed by atoms with van der Waals surface area (Å²) in [5, 5.41) is 4.14. The summed E-state index contributed by atoms with van der Waals surface area (Å²) in [4.78, 5) is 0.256. The monoisotopic (exact) mass is 444 g/mol. The average molecular weight is 445 g/mol. The van der Waals surface area contributed by atoms with E-state index < -0.39 is 37.5 Å². The molecular weight excluding hydrogens is 427 g/mol. The molecule has 1 aromatic carbocycles. The van der Waals surface area contributed by atoms with E-state index in [1.54, 1.807) is 17.5 Å². The number of thiophene rings is 1. The quantitative estimate of drug-likeness (QED) is 0.562. The van der Waals surface area contributed by atoms with Gasteiger partial charge in [-0.2, -0.15) is 0 Å². The largest absolute Gasteiger partial charge is 0.360 e. The number of hydrogen-bond donors (Lipinski definition) is 1. The molecule has 3 rings (SSSR count). The predicted molar refractivity (Wildman–Crippen MR) is 102 cm³/mol. The van der Waals surface area contributed by atoms with Crippen LogP contribution in [0.15, 0.2) is 56.1 Å². The molecule has 0 radical (unpaired) electrons. The minimum Gasteiger partial charge on any atom is -0.360 e. The average Bonchev–Trinajstić information content (AvgIpc) is 3.25. The molecule has 7 nitrogen and oxygen atoms in total. The highest BCUT2D eigenvalue weighted by Gasteiger charge is 2.33. The van der Waals surface area contributed by atoms with Gasteiger partial charge in [-0.15, -0.1) is 11.3 Å². The van der Waals surface area contributed by atoms with Crippen molar-refractivity contribution in [1.29, 1.82) is 0 Å². The number of sulfone groups is 1. The van der Waals surface area contributed by atoms with Gasteiger partial charge >= 0.3 is 0 Å². The van der Waals surface area contributed by atoms with Crippen molar-refractivity contribution in [2.75, 3.05) is 6.54 Å². The summed E-state index contributed by atoms with van der Waals surface area (Å²) in [7, 11) is -8.01. The zero-order valence-corrected chi connectivity index (χ0v) is 17.4. The van der Waals surface area contributed by atoms with Crippen LogP contribution in [0.2, 0.25) is 0 Å². The molecule has 11 heteroatoms. The van der Waals surface area contributed by atoms with Crippen molar-refractivity contribution in [1.82, 2.24) is 9.88 Å². The summed E-state index contributed by atoms with van der Waals surface area (Å²) in [5.74, 6) is -0.454. The van der Waals surface area contributed by atoms with Crippen molar-refractivity contribution in [2.24, 2.45) is 0 Å². The molecular formula is C17H17FN2O5S3. The summed E-state index contributed by atoms with van der Waals surface area (Å²) >= 11 is 1.19. The molecule has 0 amide bonds. The number of hydrogen-bond acceptors (Lipinski definition) is 7. The van der Waals surface area contributed by atoms with Crippen LogP contribution in [0.25, 0.3) is 0 Å². The van der Waals surface area contributed by atoms with Gasteiger partial charge in [0.15, 0.2) is 15.6 Å². The maximum Gasteiger partial charge on any atom is 0.246 e. The predicted octanol–water partition coefficient (Wildman–Crippen LogP) is 2.99. The van der Waals surface area contributed by atoms with E-state index in [2.05, 4.69) is 9.88 Å². The minimum atomic E-state index is -4.04. The smallest absolute Gasteiger partial charge is 0.246 e. The lowest BCUT2D eigenvalue weighted by Crippen LogP contribution is -2.32. The molecule has 0 aliphatic carbocycles. The van der Waals surface area contributed by atoms with Crippen LogP contribution in [0.4, 0.5) is 4.39 Å². The Balaban J connectivity index is 1.95. The highest BCUT2D eigenvalue weighted by atomic mass is 32.2. The molecule has 28 heavy (non-hydrogen) atoms. The Hall–Kier alpha value is -2.08. The van der Waals surface area contributed by atoms with Gasteiger partial charge in [-0.05, 0) is 49.6 Å². The van der Waals surface area contributed by atoms with E-state index in [9.17, 15) is 21.2 Å². The fraction of sp³-hybridized carbons (Fsp3) is 0.235. The van der Waals surface area contributed by atoms with Crippen LogP contribution in [0, 0.1) is 19.7 Å². The molecule has 0 spiro atoms. The number of rotatable bonds is 7. The third kappa shape index (κ3) is 4.02. The molecule has 0 fully saturated rings. The normalized spacial score (nSPS) is 13.5. The first kappa shape index (κ1) is 20.6. The first-order valence-electron chi connectivity index (χ1n) is 8.08. The fourth-order valence-electron chi connectivity index (χ4n) is 2.74. The third-order valence-electron chi connectivity index (χ3n) is 4.07. The topological polar surface area (TPSA) is 106 Å². The van der Waals surface area contributed by atoms with Gasteiger partial charge in [0.2, 0.25) is 10.0 Å². The highest BCUT2D eigenvalue weighted by Crippen LogP contribution is 2.32. The van der Waals surface area contributed by atoms with Crippen molar-refractivity contribution >= 4 is 31.2 Å². The van der Waals surface area contributed by atoms with Gasteiger partial charge in [0.05, 0.1) is 4.90 Å². The van der Waals surface area contributed by atoms with Crippen LogP contribution >= 0.6 is 11.3 Å². The van der Waals surface area contributed by atoms with Crippen molar-refractivity contribution in [3.63, 3.8) is 0 Å². The Morgan fingerprint density at radius 3 is 2.36 bits per heavy atom. The van der Waals surface area contributed by atoms with E-state index in [-0.39, 0.29) is 21.2 Å². The lowest BCUT2D eigenvalue weighted by Gasteiger charge is -2.17. The number of nitrogens with one attached hydrogen (secondary N) is 1. The van der Waals surface area contributed by atoms with Gasteiger partial charge in [-0.3, -0.25) is 0 Å². The lowest BCUT2D eigenvalue weighted by molar-refractivity contribution is 0.390. The lowest BCUT2D eigenvalue weighted by atomic mass is 10.3. The van der Waals surface area contributed by atoms with Gasteiger partial charge in [0.25, 0.3) is 0 Å². The number of halogens is 1. The van der Waals surface area contributed by atoms with Crippen LogP contribution in [0.5, 0.6) is 0 Å². The zero-order chi connectivity index (χ0) is 20.5. The van der Waals surface area contributed by atoms with Crippen LogP contribution in [-0.4, -0.2) is 28.5 Å². The molecule has 0 aliphatic heterocycles. The van der Waals surface area contributed by atoms with Gasteiger partial charge in [-0.1, -0.05) is 11.2 Å². The molecule has 2 heterocycles. The Morgan fingerprint density at radius 2 is 1.82 bits per heavy atom. The molecule has 0 saturated heterocycles. The number of aromatic nitrogens is 1. The Kier molecular flexibility index (Phi) is 5.71. The van der Waals surface area contributed by atoms with Crippen molar-refractivity contribution in [3.05, 3.63) is 63.9 Å². The van der Waals surface area contributed by atoms with Gasteiger partial charge in [-0.25, -0.2) is 25.9 Å². The van der Waals surface area contributed by atoms with Gasteiger partial charge in [0.1, 0.15) is 21.7 Å². The first-order valence-corrected chi connectivity index (χ1v) is 12.0. The highest BCUT2D eigenvalue weighted by molar-refractivity contribution is 7.92. The SMILES string of the molecule is Cc1noc(C)c1S(=O)(=O)NC[C@@H](c1cccs1)S(=O)(=O)c1ccc(F)cc1. The molecule has 150 valence electrons. The molecule has 2 aromatic heterocycles. The molecule has 1 N–H and O–H groups in total. The van der Waals surface area contributed by atoms with E-state index in [1.807, 2.05) is 0 Å². The van der Waals surface area contributed by atoms with E-state index in [0.717, 1.165) is 24.3 Å². The van der Waals surface area contributed by atoms with Gasteiger partial charge in [0, 0.05) is 11.4 Å². The summed E-state index contributed by atoms with van der Waals surface area (Å²) in [6, 6.07) is 7.71. The van der Waals surface area contributed by atoms with Crippen molar-refractivity contribution < 1.29 is 25.7 Å². The second-order valence-electron chi connectivity index (χ2n) is 6.01. The number of aryl methyl sites for hydroxylation is 2. The summed E-state index contributed by atoms with van der Waals surface area (Å²) < 4.78 is 71.9. The molecule has 0 aliphatic rings. The van der Waals surface area contributed by atoms with Crippen molar-refractivity contribution in [3.8, 4) is 0 Å². The maximum absolute atomic E-state index is 13.2. The maximum atomic E-state index is 13.2. The van der Waals surface area contributed by atoms with E-state index in [1.165, 1.54) is 25.2 Å². The summed E-state index contributed by atoms with van der Waals surface area (Å²) in [6.45, 7) is 2.55. The second-order valence-corrected chi connectivity index (χ2v) is 10.8. The summed E-state index contributed by atoms with van der Waals surface area (Å²) in [5.41, 5.74) is 0.180. The Morgan fingerprint density at radius 1 is 1.14 bits per heavy atom. The third-order valence-corrected chi connectivity index (χ3v) is 8.97. The molecule has 0 unspecified atom stereocenters. The van der Waals surface area contributed by atoms with E-state index in [4.69, 9.17) is 4.52 Å². The van der Waals surface area contributed by atoms with Gasteiger partial charge < -0.3 is 4.52 Å². The molecule has 1 atom stereocenters. The molecule has 0 bridgehead atoms. The Bertz CT molecular complexity index is 1150. The minimum absolute atomic E-state index is 0.0937. The number of benzene rings is 1. The standard InChI is InChI=1S/C17H17FN2O5S3/c1-11-17(12(2)25-20-11)28(23,24)19-10-16(15-4-3-9-26-15)27(21,22)14-7-5-13(18)6-8-14/h3-9,16,19H,10H2,1-2H3/t16-/m0/s1. The zero-order valence-electron chi connectivity index (χ0n) is 14.9. The Labute approximate surface area is 166 Å². The van der Waals surface area contributed by atoms with E-state index in [0.29, 0.717) is 4.88 Å². The van der Waals surface area contributed by atoms with Crippen LogP contribution in [0.1, 0.15) is 21.6 Å². The van der Waals surface area contributed by atoms with Crippen LogP contribution < -0.4 is 4.72 Å². The molecule has 3 aromatic rings. The van der Waals surface area contributed by atoms with Crippen LogP contribution in [0.3, 0.4) is 0 Å². The summed E-state index contributed by atoms with van der Waals surface area (Å²) in [6.07, 6.45) is 0. The van der Waals surface area contributed by atoms with E-state index >= 15 is 0 Å². The molecule has 0 saturated carbocycles. The van der Waals surface area contributed by atoms with Crippen molar-refractivity contribution in [2.45, 2.75) is 28.9 Å². The second kappa shape index (κ2) is 7.74. The number of sulfonamides is 1.